The van der Waals surface area contributed by atoms with Crippen molar-refractivity contribution in [3.8, 4) is 0 Å². The van der Waals surface area contributed by atoms with E-state index in [9.17, 15) is 69.0 Å². The van der Waals surface area contributed by atoms with Crippen LogP contribution in [-0.4, -0.2) is 136 Å². The van der Waals surface area contributed by atoms with Crippen molar-refractivity contribution in [2.45, 2.75) is 40.0 Å². The molecule has 3 heterocycles. The molecule has 0 bridgehead atoms. The minimum absolute atomic E-state index is 0. The second kappa shape index (κ2) is 20.3. The van der Waals surface area contributed by atoms with Crippen LogP contribution in [0.1, 0.15) is 40.0 Å². The molecule has 0 aromatic rings. The number of hydrogen-bond acceptors (Lipinski definition) is 17. The van der Waals surface area contributed by atoms with Crippen LogP contribution >= 0.6 is 0 Å². The molecule has 46 heavy (non-hydrogen) atoms. The molecule has 244 valence electrons. The van der Waals surface area contributed by atoms with Gasteiger partial charge in [0.15, 0.2) is 0 Å². The maximum Gasteiger partial charge on any atom is 3.00 e. The molecule has 0 aromatic heterocycles. The van der Waals surface area contributed by atoms with E-state index >= 15 is 0 Å². The Morgan fingerprint density at radius 2 is 0.804 bits per heavy atom. The molecule has 0 unspecified atom stereocenters. The summed E-state index contributed by atoms with van der Waals surface area (Å²) in [5.74, 6) is -13.9. The van der Waals surface area contributed by atoms with Crippen LogP contribution in [0.15, 0.2) is 23.2 Å². The third-order valence-electron chi connectivity index (χ3n) is 6.42. The number of allylic oxidation sites excluding steroid dienone is 1. The number of rotatable bonds is 12. The average molecular weight is 676 g/mol. The molecule has 0 amide bonds. The number of carboxylic acids is 6. The van der Waals surface area contributed by atoms with Crippen molar-refractivity contribution in [3.05, 3.63) is 23.2 Å². The van der Waals surface area contributed by atoms with Gasteiger partial charge in [-0.05, 0) is 19.3 Å². The Labute approximate surface area is 285 Å². The number of Topliss-reactive ketones (excluding diaryl/α,β-unsaturated/α-hetero) is 1. The third-order valence-corrected chi connectivity index (χ3v) is 6.42. The summed E-state index contributed by atoms with van der Waals surface area (Å²) in [4.78, 5) is 89.5. The van der Waals surface area contributed by atoms with Gasteiger partial charge in [0.25, 0.3) is 0 Å². The van der Waals surface area contributed by atoms with E-state index in [0.717, 1.165) is 39.3 Å². The van der Waals surface area contributed by atoms with Gasteiger partial charge >= 0.3 is 34.7 Å². The zero-order chi connectivity index (χ0) is 33.9. The number of carboxylic acid groups (broad SMARTS) is 6. The van der Waals surface area contributed by atoms with E-state index in [0.29, 0.717) is 17.1 Å². The molecule has 0 spiro atoms. The van der Waals surface area contributed by atoms with Crippen LogP contribution in [0.2, 0.25) is 0 Å². The summed E-state index contributed by atoms with van der Waals surface area (Å²) in [6, 6.07) is 0. The molecule has 19 heteroatoms. The van der Waals surface area contributed by atoms with Crippen molar-refractivity contribution in [1.29, 1.82) is 0 Å². The molecule has 0 radical (unpaired) electrons. The van der Waals surface area contributed by atoms with Crippen LogP contribution in [0.4, 0.5) is 0 Å². The summed E-state index contributed by atoms with van der Waals surface area (Å²) in [6.45, 7) is 9.73. The minimum atomic E-state index is -1.59. The van der Waals surface area contributed by atoms with E-state index in [4.69, 9.17) is 0 Å². The maximum atomic E-state index is 12.4. The van der Waals surface area contributed by atoms with Crippen LogP contribution < -0.4 is 30.6 Å². The molecule has 3 saturated heterocycles. The van der Waals surface area contributed by atoms with Gasteiger partial charge in [0.2, 0.25) is 11.6 Å². The zero-order valence-corrected chi connectivity index (χ0v) is 27.7. The van der Waals surface area contributed by atoms with Crippen LogP contribution in [0.5, 0.6) is 0 Å². The molecule has 1 aliphatic carbocycles. The molecule has 17 nitrogen and oxygen atoms in total. The molecular weight excluding hydrogens is 644 g/mol. The largest absolute Gasteiger partial charge is 3.00 e. The minimum Gasteiger partial charge on any atom is -0.549 e. The molecule has 0 aromatic carbocycles. The quantitative estimate of drug-likeness (QED) is 0.0803. The second-order valence-electron chi connectivity index (χ2n) is 9.68. The first-order valence-electron chi connectivity index (χ1n) is 13.6. The molecule has 3 aliphatic heterocycles. The van der Waals surface area contributed by atoms with Crippen molar-refractivity contribution in [1.82, 2.24) is 14.7 Å². The van der Waals surface area contributed by atoms with Gasteiger partial charge < -0.3 is 74.1 Å². The van der Waals surface area contributed by atoms with Gasteiger partial charge in [0.1, 0.15) is 11.4 Å². The van der Waals surface area contributed by atoms with Crippen molar-refractivity contribution in [3.63, 3.8) is 0 Å². The van der Waals surface area contributed by atoms with E-state index in [1.54, 1.807) is 0 Å². The Balaban J connectivity index is 0. The van der Waals surface area contributed by atoms with Gasteiger partial charge in [-0.1, -0.05) is 20.8 Å². The number of carbonyl (C=O) groups is 8. The zero-order valence-electron chi connectivity index (χ0n) is 25.4. The predicted octanol–water partition coefficient (Wildman–Crippen LogP) is -9.04. The van der Waals surface area contributed by atoms with E-state index < -0.39 is 53.6 Å². The number of carbonyl (C=O) groups excluding carboxylic acids is 8. The molecular formula is C27H31Al2N3O14. The fourth-order valence-electron chi connectivity index (χ4n) is 3.56. The van der Waals surface area contributed by atoms with E-state index in [2.05, 4.69) is 0 Å². The fraction of sp³-hybridized carbons (Fsp3) is 0.556. The van der Waals surface area contributed by atoms with Gasteiger partial charge in [-0.15, -0.1) is 0 Å². The predicted molar refractivity (Wildman–Crippen MR) is 143 cm³/mol. The first-order chi connectivity index (χ1) is 20.5. The molecule has 4 aliphatic rings. The topological polar surface area (TPSA) is 284 Å². The Kier molecular flexibility index (Phi) is 19.5. The number of aliphatic carboxylic acids is 6. The average Bonchev–Trinajstić information content (AvgIpc) is 3.73. The van der Waals surface area contributed by atoms with Gasteiger partial charge in [0.05, 0.1) is 41.5 Å². The Morgan fingerprint density at radius 1 is 0.543 bits per heavy atom. The first-order valence-corrected chi connectivity index (χ1v) is 13.6. The summed E-state index contributed by atoms with van der Waals surface area (Å²) in [5, 5.41) is 59.0. The van der Waals surface area contributed by atoms with Gasteiger partial charge in [-0.2, -0.15) is 0 Å². The van der Waals surface area contributed by atoms with E-state index in [-0.39, 0.29) is 65.6 Å². The molecule has 0 atom stereocenters. The number of hydrogen-bond donors (Lipinski definition) is 0. The second-order valence-corrected chi connectivity index (χ2v) is 9.68. The molecule has 4 rings (SSSR count). The third kappa shape index (κ3) is 13.6. The van der Waals surface area contributed by atoms with Crippen LogP contribution in [0.25, 0.3) is 0 Å². The summed E-state index contributed by atoms with van der Waals surface area (Å²) in [6.07, 6.45) is 1.54. The summed E-state index contributed by atoms with van der Waals surface area (Å²) >= 11 is 0. The SMILES string of the molecule is CCC(C(=O)[O-])C(=O)[O-].CCC(C(=O)[O-])C(=O)[O-].CCC(C(=O)[O-])C(=O)[O-].O=C1C=C(N2CC2)C(=O)C(N2CC2)=C1N1CC1.[Al+3].[Al+3]. The van der Waals surface area contributed by atoms with Crippen LogP contribution in [-0.2, 0) is 38.4 Å². The standard InChI is InChI=1S/C12H13N3O2.3C5H8O4.2Al/c16-9-7-8(13-1-2-13)12(17)11(15-5-6-15)10(9)14-3-4-14;3*1-2-3(4(6)7)5(8)9;;/h7H,1-6H2;3*3H,2H2,1H3,(H,6,7)(H,8,9);;/q;;;;2*+3/p-6. The van der Waals surface area contributed by atoms with Crippen molar-refractivity contribution < 1.29 is 69.0 Å². The van der Waals surface area contributed by atoms with Crippen molar-refractivity contribution >= 4 is 82.1 Å². The Bertz CT molecular complexity index is 1120. The van der Waals surface area contributed by atoms with Crippen molar-refractivity contribution in [2.75, 3.05) is 39.3 Å². The first kappa shape index (κ1) is 44.2. The smallest absolute Gasteiger partial charge is 0.549 e. The van der Waals surface area contributed by atoms with E-state index in [1.165, 1.54) is 26.8 Å². The number of nitrogens with zero attached hydrogens (tertiary/aromatic N) is 3. The monoisotopic (exact) mass is 675 g/mol. The van der Waals surface area contributed by atoms with Gasteiger partial charge in [-0.25, -0.2) is 0 Å². The van der Waals surface area contributed by atoms with Crippen molar-refractivity contribution in [2.24, 2.45) is 17.8 Å². The van der Waals surface area contributed by atoms with Crippen LogP contribution in [0.3, 0.4) is 0 Å². The molecule has 0 saturated carbocycles. The Hall–Kier alpha value is -3.90. The van der Waals surface area contributed by atoms with Gasteiger partial charge in [-0.3, -0.25) is 9.59 Å². The molecule has 0 N–H and O–H groups in total. The Morgan fingerprint density at radius 3 is 1.00 bits per heavy atom. The fourth-order valence-corrected chi connectivity index (χ4v) is 3.56. The van der Waals surface area contributed by atoms with E-state index in [1.807, 2.05) is 14.7 Å². The van der Waals surface area contributed by atoms with Crippen LogP contribution in [0, 0.1) is 17.8 Å². The summed E-state index contributed by atoms with van der Waals surface area (Å²) in [7, 11) is 0. The maximum absolute atomic E-state index is 12.4. The normalized spacial score (nSPS) is 15.4. The molecule has 3 fully saturated rings. The van der Waals surface area contributed by atoms with Gasteiger partial charge in [0, 0.05) is 63.1 Å². The number of ketones is 2. The summed E-state index contributed by atoms with van der Waals surface area (Å²) < 4.78 is 0. The summed E-state index contributed by atoms with van der Waals surface area (Å²) in [5.41, 5.74) is 1.89.